The highest BCUT2D eigenvalue weighted by atomic mass is 35.5. The highest BCUT2D eigenvalue weighted by molar-refractivity contribution is 7.89. The van der Waals surface area contributed by atoms with E-state index in [1.165, 1.54) is 28.6 Å². The Morgan fingerprint density at radius 3 is 2.29 bits per heavy atom. The number of halogens is 3. The molecule has 0 fully saturated rings. The molecule has 0 saturated heterocycles. The predicted molar refractivity (Wildman–Crippen MR) is 104 cm³/mol. The fourth-order valence-corrected chi connectivity index (χ4v) is 4.41. The van der Waals surface area contributed by atoms with Crippen LogP contribution in [0.4, 0.5) is 8.78 Å². The minimum Gasteiger partial charge on any atom is -0.352 e. The SMILES string of the molecule is CCN(CC)S(=O)(=O)c1ccc(Cl)c(C(=O)NCCc2c(F)cccc2F)c1. The van der Waals surface area contributed by atoms with Crippen LogP contribution in [0.5, 0.6) is 0 Å². The third-order valence-electron chi connectivity index (χ3n) is 4.25. The number of rotatable bonds is 8. The zero-order valence-electron chi connectivity index (χ0n) is 15.5. The van der Waals surface area contributed by atoms with Gasteiger partial charge in [0.1, 0.15) is 11.6 Å². The Bertz CT molecular complexity index is 943. The van der Waals surface area contributed by atoms with E-state index >= 15 is 0 Å². The lowest BCUT2D eigenvalue weighted by Crippen LogP contribution is -2.31. The smallest absolute Gasteiger partial charge is 0.252 e. The van der Waals surface area contributed by atoms with Gasteiger partial charge in [0.2, 0.25) is 10.0 Å². The lowest BCUT2D eigenvalue weighted by atomic mass is 10.1. The molecule has 0 saturated carbocycles. The number of sulfonamides is 1. The Balaban J connectivity index is 2.17. The molecule has 9 heteroatoms. The van der Waals surface area contributed by atoms with Crippen molar-refractivity contribution in [2.24, 2.45) is 0 Å². The van der Waals surface area contributed by atoms with Crippen molar-refractivity contribution in [2.45, 2.75) is 25.2 Å². The van der Waals surface area contributed by atoms with E-state index in [-0.39, 0.29) is 47.1 Å². The molecule has 1 amide bonds. The second-order valence-corrected chi connectivity index (χ2v) is 8.28. The maximum absolute atomic E-state index is 13.6. The molecule has 152 valence electrons. The Morgan fingerprint density at radius 1 is 1.11 bits per heavy atom. The molecule has 0 atom stereocenters. The van der Waals surface area contributed by atoms with Crippen LogP contribution in [0, 0.1) is 11.6 Å². The summed E-state index contributed by atoms with van der Waals surface area (Å²) in [5, 5.41) is 2.59. The number of amides is 1. The van der Waals surface area contributed by atoms with E-state index in [1.807, 2.05) is 0 Å². The summed E-state index contributed by atoms with van der Waals surface area (Å²) < 4.78 is 53.8. The number of nitrogens with one attached hydrogen (secondary N) is 1. The Hall–Kier alpha value is -2.03. The van der Waals surface area contributed by atoms with E-state index in [4.69, 9.17) is 11.6 Å². The summed E-state index contributed by atoms with van der Waals surface area (Å²) in [7, 11) is -3.75. The summed E-state index contributed by atoms with van der Waals surface area (Å²) in [6.45, 7) is 3.97. The van der Waals surface area contributed by atoms with E-state index in [1.54, 1.807) is 13.8 Å². The number of carbonyl (C=O) groups excluding carboxylic acids is 1. The topological polar surface area (TPSA) is 66.5 Å². The van der Waals surface area contributed by atoms with Crippen molar-refractivity contribution in [1.29, 1.82) is 0 Å². The summed E-state index contributed by atoms with van der Waals surface area (Å²) in [6.07, 6.45) is -0.0562. The summed E-state index contributed by atoms with van der Waals surface area (Å²) in [5.41, 5.74) is -0.157. The average molecular weight is 431 g/mol. The first-order valence-electron chi connectivity index (χ1n) is 8.73. The maximum atomic E-state index is 13.6. The molecule has 0 unspecified atom stereocenters. The molecule has 0 heterocycles. The van der Waals surface area contributed by atoms with Gasteiger partial charge in [-0.05, 0) is 36.8 Å². The van der Waals surface area contributed by atoms with Crippen molar-refractivity contribution in [3.05, 3.63) is 64.2 Å². The molecule has 2 aromatic carbocycles. The third kappa shape index (κ3) is 4.87. The fraction of sp³-hybridized carbons (Fsp3) is 0.316. The molecule has 0 aliphatic heterocycles. The van der Waals surface area contributed by atoms with Crippen LogP contribution in [0.3, 0.4) is 0 Å². The van der Waals surface area contributed by atoms with Crippen LogP contribution in [-0.4, -0.2) is 38.3 Å². The van der Waals surface area contributed by atoms with Gasteiger partial charge in [-0.2, -0.15) is 4.31 Å². The van der Waals surface area contributed by atoms with Gasteiger partial charge >= 0.3 is 0 Å². The van der Waals surface area contributed by atoms with Crippen LogP contribution in [0.15, 0.2) is 41.3 Å². The summed E-state index contributed by atoms with van der Waals surface area (Å²) in [5.74, 6) is -2.02. The van der Waals surface area contributed by atoms with Gasteiger partial charge in [-0.15, -0.1) is 0 Å². The van der Waals surface area contributed by atoms with Gasteiger partial charge in [0.15, 0.2) is 0 Å². The number of benzene rings is 2. The second-order valence-electron chi connectivity index (χ2n) is 5.94. The molecule has 0 aromatic heterocycles. The van der Waals surface area contributed by atoms with Crippen LogP contribution in [0.2, 0.25) is 5.02 Å². The molecule has 5 nitrogen and oxygen atoms in total. The zero-order chi connectivity index (χ0) is 20.9. The lowest BCUT2D eigenvalue weighted by Gasteiger charge is -2.19. The van der Waals surface area contributed by atoms with E-state index in [0.29, 0.717) is 0 Å². The number of hydrogen-bond donors (Lipinski definition) is 1. The first-order valence-corrected chi connectivity index (χ1v) is 10.5. The van der Waals surface area contributed by atoms with Gasteiger partial charge in [-0.3, -0.25) is 4.79 Å². The number of nitrogens with zero attached hydrogens (tertiary/aromatic N) is 1. The molecule has 28 heavy (non-hydrogen) atoms. The first-order chi connectivity index (χ1) is 13.2. The van der Waals surface area contributed by atoms with E-state index < -0.39 is 27.6 Å². The molecule has 0 bridgehead atoms. The molecule has 0 aliphatic rings. The van der Waals surface area contributed by atoms with Gasteiger partial charge in [0, 0.05) is 25.2 Å². The van der Waals surface area contributed by atoms with Crippen molar-refractivity contribution in [3.63, 3.8) is 0 Å². The van der Waals surface area contributed by atoms with E-state index in [9.17, 15) is 22.0 Å². The molecule has 2 rings (SSSR count). The van der Waals surface area contributed by atoms with Crippen LogP contribution in [0.1, 0.15) is 29.8 Å². The Labute approximate surface area is 168 Å². The van der Waals surface area contributed by atoms with Crippen LogP contribution in [0.25, 0.3) is 0 Å². The highest BCUT2D eigenvalue weighted by Crippen LogP contribution is 2.23. The van der Waals surface area contributed by atoms with Gasteiger partial charge in [-0.1, -0.05) is 31.5 Å². The maximum Gasteiger partial charge on any atom is 0.252 e. The van der Waals surface area contributed by atoms with Crippen LogP contribution >= 0.6 is 11.6 Å². The largest absolute Gasteiger partial charge is 0.352 e. The van der Waals surface area contributed by atoms with Crippen LogP contribution in [-0.2, 0) is 16.4 Å². The van der Waals surface area contributed by atoms with Crippen molar-refractivity contribution in [2.75, 3.05) is 19.6 Å². The number of carbonyl (C=O) groups is 1. The summed E-state index contributed by atoms with van der Waals surface area (Å²) in [6, 6.07) is 7.41. The third-order valence-corrected chi connectivity index (χ3v) is 6.62. The summed E-state index contributed by atoms with van der Waals surface area (Å²) in [4.78, 5) is 12.4. The molecular formula is C19H21ClF2N2O3S. The highest BCUT2D eigenvalue weighted by Gasteiger charge is 2.23. The molecule has 2 aromatic rings. The van der Waals surface area contributed by atoms with Crippen molar-refractivity contribution in [1.82, 2.24) is 9.62 Å². The predicted octanol–water partition coefficient (Wildman–Crippen LogP) is 3.62. The zero-order valence-corrected chi connectivity index (χ0v) is 17.1. The number of hydrogen-bond acceptors (Lipinski definition) is 3. The normalized spacial score (nSPS) is 11.6. The molecule has 0 aliphatic carbocycles. The monoisotopic (exact) mass is 430 g/mol. The minimum absolute atomic E-state index is 0.0242. The van der Waals surface area contributed by atoms with Crippen LogP contribution < -0.4 is 5.32 Å². The lowest BCUT2D eigenvalue weighted by molar-refractivity contribution is 0.0954. The van der Waals surface area contributed by atoms with E-state index in [2.05, 4.69) is 5.32 Å². The quantitative estimate of drug-likeness (QED) is 0.695. The standard InChI is InChI=1S/C19H21ClF2N2O3S/c1-3-24(4-2)28(26,27)13-8-9-16(20)15(12-13)19(25)23-11-10-14-17(21)6-5-7-18(14)22/h5-9,12H,3-4,10-11H2,1-2H3,(H,23,25). The molecule has 0 radical (unpaired) electrons. The van der Waals surface area contributed by atoms with E-state index in [0.717, 1.165) is 12.1 Å². The van der Waals surface area contributed by atoms with Crippen molar-refractivity contribution in [3.8, 4) is 0 Å². The van der Waals surface area contributed by atoms with Gasteiger partial charge < -0.3 is 5.32 Å². The van der Waals surface area contributed by atoms with Crippen molar-refractivity contribution < 1.29 is 22.0 Å². The minimum atomic E-state index is -3.75. The Kier molecular flexibility index (Phi) is 7.51. The van der Waals surface area contributed by atoms with Gasteiger partial charge in [0.25, 0.3) is 5.91 Å². The molecular weight excluding hydrogens is 410 g/mol. The average Bonchev–Trinajstić information content (AvgIpc) is 2.65. The Morgan fingerprint density at radius 2 is 1.71 bits per heavy atom. The van der Waals surface area contributed by atoms with Gasteiger partial charge in [-0.25, -0.2) is 17.2 Å². The fourth-order valence-electron chi connectivity index (χ4n) is 2.72. The van der Waals surface area contributed by atoms with Crippen molar-refractivity contribution >= 4 is 27.5 Å². The second kappa shape index (κ2) is 9.45. The first kappa shape index (κ1) is 22.3. The molecule has 0 spiro atoms. The molecule has 1 N–H and O–H groups in total. The van der Waals surface area contributed by atoms with Gasteiger partial charge in [0.05, 0.1) is 15.5 Å². The summed E-state index contributed by atoms with van der Waals surface area (Å²) >= 11 is 6.05.